The SMILES string of the molecule is Cc1cccc(/C=N/NC(=O)c2cc(Br)ccc2NC(=O)c2ccc(CNCCN3CCOCC3)cc2)c1. The Morgan fingerprint density at radius 1 is 1.03 bits per heavy atom. The molecule has 0 unspecified atom stereocenters. The zero-order valence-corrected chi connectivity index (χ0v) is 23.0. The number of carbonyl (C=O) groups excluding carboxylic acids is 2. The van der Waals surface area contributed by atoms with Gasteiger partial charge in [0.2, 0.25) is 0 Å². The quantitative estimate of drug-likeness (QED) is 0.191. The summed E-state index contributed by atoms with van der Waals surface area (Å²) in [6.45, 7) is 8.17. The van der Waals surface area contributed by atoms with Gasteiger partial charge in [-0.2, -0.15) is 5.10 Å². The molecule has 3 aromatic carbocycles. The number of nitrogens with one attached hydrogen (secondary N) is 3. The highest BCUT2D eigenvalue weighted by molar-refractivity contribution is 9.10. The highest BCUT2D eigenvalue weighted by Crippen LogP contribution is 2.22. The molecule has 0 aromatic heterocycles. The van der Waals surface area contributed by atoms with Gasteiger partial charge in [0.05, 0.1) is 30.7 Å². The van der Waals surface area contributed by atoms with Crippen molar-refractivity contribution >= 4 is 39.6 Å². The maximum absolute atomic E-state index is 12.9. The Morgan fingerprint density at radius 2 is 1.82 bits per heavy atom. The van der Waals surface area contributed by atoms with Crippen molar-refractivity contribution in [2.45, 2.75) is 13.5 Å². The first-order valence-corrected chi connectivity index (χ1v) is 13.4. The van der Waals surface area contributed by atoms with Crippen LogP contribution in [0.5, 0.6) is 0 Å². The van der Waals surface area contributed by atoms with Crippen LogP contribution in [0.1, 0.15) is 37.4 Å². The van der Waals surface area contributed by atoms with E-state index in [1.165, 1.54) is 0 Å². The van der Waals surface area contributed by atoms with E-state index in [-0.39, 0.29) is 5.91 Å². The average molecular weight is 579 g/mol. The van der Waals surface area contributed by atoms with Crippen LogP contribution in [0.15, 0.2) is 76.3 Å². The number of amides is 2. The molecule has 1 fully saturated rings. The van der Waals surface area contributed by atoms with Gasteiger partial charge in [0, 0.05) is 42.8 Å². The Morgan fingerprint density at radius 3 is 2.58 bits per heavy atom. The van der Waals surface area contributed by atoms with Gasteiger partial charge in [-0.3, -0.25) is 14.5 Å². The van der Waals surface area contributed by atoms with Crippen molar-refractivity contribution in [3.8, 4) is 0 Å². The molecule has 198 valence electrons. The molecule has 0 bridgehead atoms. The first kappa shape index (κ1) is 27.7. The molecule has 2 amide bonds. The van der Waals surface area contributed by atoms with Gasteiger partial charge in [-0.25, -0.2) is 5.43 Å². The van der Waals surface area contributed by atoms with E-state index in [9.17, 15) is 9.59 Å². The van der Waals surface area contributed by atoms with E-state index < -0.39 is 5.91 Å². The summed E-state index contributed by atoms with van der Waals surface area (Å²) in [6, 6.07) is 20.4. The molecule has 8 nitrogen and oxygen atoms in total. The maximum atomic E-state index is 12.9. The van der Waals surface area contributed by atoms with Crippen LogP contribution < -0.4 is 16.1 Å². The Balaban J connectivity index is 1.31. The van der Waals surface area contributed by atoms with E-state index in [1.54, 1.807) is 36.5 Å². The summed E-state index contributed by atoms with van der Waals surface area (Å²) in [5, 5.41) is 10.4. The second-order valence-electron chi connectivity index (χ2n) is 9.09. The van der Waals surface area contributed by atoms with Gasteiger partial charge < -0.3 is 15.4 Å². The number of carbonyl (C=O) groups is 2. The highest BCUT2D eigenvalue weighted by Gasteiger charge is 2.15. The van der Waals surface area contributed by atoms with Crippen molar-refractivity contribution in [2.75, 3.05) is 44.7 Å². The second-order valence-corrected chi connectivity index (χ2v) is 10.0. The molecule has 38 heavy (non-hydrogen) atoms. The van der Waals surface area contributed by atoms with Gasteiger partial charge in [0.25, 0.3) is 11.8 Å². The number of hydrogen-bond acceptors (Lipinski definition) is 6. The predicted octanol–water partition coefficient (Wildman–Crippen LogP) is 4.20. The van der Waals surface area contributed by atoms with Crippen LogP contribution >= 0.6 is 15.9 Å². The number of anilines is 1. The van der Waals surface area contributed by atoms with E-state index in [4.69, 9.17) is 4.74 Å². The molecule has 3 aromatic rings. The predicted molar refractivity (Wildman–Crippen MR) is 154 cm³/mol. The van der Waals surface area contributed by atoms with Gasteiger partial charge in [-0.05, 0) is 48.4 Å². The lowest BCUT2D eigenvalue weighted by Crippen LogP contribution is -2.40. The fourth-order valence-corrected chi connectivity index (χ4v) is 4.41. The number of hydrogen-bond donors (Lipinski definition) is 3. The van der Waals surface area contributed by atoms with E-state index >= 15 is 0 Å². The van der Waals surface area contributed by atoms with Crippen LogP contribution in [-0.4, -0.2) is 62.3 Å². The molecule has 0 radical (unpaired) electrons. The standard InChI is InChI=1S/C29H32BrN5O3/c1-21-3-2-4-23(17-21)20-32-34-29(37)26-18-25(30)9-10-27(26)33-28(36)24-7-5-22(6-8-24)19-31-11-12-35-13-15-38-16-14-35/h2-10,17-18,20,31H,11-16,19H2,1H3,(H,33,36)(H,34,37)/b32-20+. The van der Waals surface area contributed by atoms with Crippen molar-refractivity contribution in [2.24, 2.45) is 5.10 Å². The zero-order valence-electron chi connectivity index (χ0n) is 21.4. The molecule has 1 aliphatic heterocycles. The number of hydrazone groups is 1. The van der Waals surface area contributed by atoms with Crippen LogP contribution in [0, 0.1) is 6.92 Å². The fourth-order valence-electron chi connectivity index (χ4n) is 4.05. The minimum Gasteiger partial charge on any atom is -0.379 e. The summed E-state index contributed by atoms with van der Waals surface area (Å²) in [4.78, 5) is 28.2. The van der Waals surface area contributed by atoms with E-state index in [0.717, 1.165) is 62.6 Å². The number of morpholine rings is 1. The van der Waals surface area contributed by atoms with Gasteiger partial charge in [0.1, 0.15) is 0 Å². The fraction of sp³-hybridized carbons (Fsp3) is 0.276. The summed E-state index contributed by atoms with van der Waals surface area (Å²) < 4.78 is 6.10. The third-order valence-corrected chi connectivity index (χ3v) is 6.64. The summed E-state index contributed by atoms with van der Waals surface area (Å²) in [6.07, 6.45) is 1.58. The topological polar surface area (TPSA) is 95.1 Å². The Hall–Kier alpha value is -3.37. The first-order chi connectivity index (χ1) is 18.5. The van der Waals surface area contributed by atoms with Crippen molar-refractivity contribution in [3.63, 3.8) is 0 Å². The van der Waals surface area contributed by atoms with Crippen LogP contribution in [0.2, 0.25) is 0 Å². The number of benzene rings is 3. The normalized spacial score (nSPS) is 13.9. The van der Waals surface area contributed by atoms with Crippen LogP contribution in [0.25, 0.3) is 0 Å². The summed E-state index contributed by atoms with van der Waals surface area (Å²) in [5.74, 6) is -0.722. The first-order valence-electron chi connectivity index (χ1n) is 12.6. The molecule has 1 heterocycles. The summed E-state index contributed by atoms with van der Waals surface area (Å²) in [5.41, 5.74) is 6.83. The van der Waals surface area contributed by atoms with Crippen LogP contribution in [-0.2, 0) is 11.3 Å². The third-order valence-electron chi connectivity index (χ3n) is 6.15. The Labute approximate surface area is 231 Å². The molecule has 0 aliphatic carbocycles. The molecule has 1 saturated heterocycles. The van der Waals surface area contributed by atoms with Crippen molar-refractivity contribution in [1.82, 2.24) is 15.6 Å². The lowest BCUT2D eigenvalue weighted by atomic mass is 10.1. The van der Waals surface area contributed by atoms with E-state index in [0.29, 0.717) is 21.3 Å². The largest absolute Gasteiger partial charge is 0.379 e. The zero-order chi connectivity index (χ0) is 26.7. The lowest BCUT2D eigenvalue weighted by Gasteiger charge is -2.26. The number of nitrogens with zero attached hydrogens (tertiary/aromatic N) is 2. The minimum absolute atomic E-state index is 0.295. The average Bonchev–Trinajstić information content (AvgIpc) is 2.93. The number of halogens is 1. The van der Waals surface area contributed by atoms with Crippen molar-refractivity contribution in [3.05, 3.63) is 99.0 Å². The van der Waals surface area contributed by atoms with Crippen molar-refractivity contribution < 1.29 is 14.3 Å². The van der Waals surface area contributed by atoms with Crippen LogP contribution in [0.4, 0.5) is 5.69 Å². The molecule has 3 N–H and O–H groups in total. The second kappa shape index (κ2) is 14.0. The minimum atomic E-state index is -0.427. The molecule has 1 aliphatic rings. The Bertz CT molecular complexity index is 1270. The number of aryl methyl sites for hydroxylation is 1. The molecular formula is C29H32BrN5O3. The maximum Gasteiger partial charge on any atom is 0.273 e. The van der Waals surface area contributed by atoms with Crippen LogP contribution in [0.3, 0.4) is 0 Å². The highest BCUT2D eigenvalue weighted by atomic mass is 79.9. The molecule has 0 atom stereocenters. The number of ether oxygens (including phenoxy) is 1. The summed E-state index contributed by atoms with van der Waals surface area (Å²) in [7, 11) is 0. The Kier molecular flexibility index (Phi) is 10.2. The van der Waals surface area contributed by atoms with Crippen molar-refractivity contribution in [1.29, 1.82) is 0 Å². The van der Waals surface area contributed by atoms with E-state index in [1.807, 2.05) is 43.3 Å². The lowest BCUT2D eigenvalue weighted by molar-refractivity contribution is 0.0384. The monoisotopic (exact) mass is 577 g/mol. The van der Waals surface area contributed by atoms with Gasteiger partial charge in [0.15, 0.2) is 0 Å². The molecule has 9 heteroatoms. The molecular weight excluding hydrogens is 546 g/mol. The van der Waals surface area contributed by atoms with Gasteiger partial charge in [-0.15, -0.1) is 0 Å². The molecule has 0 spiro atoms. The van der Waals surface area contributed by atoms with E-state index in [2.05, 4.69) is 42.0 Å². The summed E-state index contributed by atoms with van der Waals surface area (Å²) >= 11 is 3.40. The van der Waals surface area contributed by atoms with Gasteiger partial charge in [-0.1, -0.05) is 57.9 Å². The van der Waals surface area contributed by atoms with Gasteiger partial charge >= 0.3 is 0 Å². The third kappa shape index (κ3) is 8.32. The smallest absolute Gasteiger partial charge is 0.273 e. The number of rotatable bonds is 10. The molecule has 4 rings (SSSR count). The molecule has 0 saturated carbocycles.